The molecule has 0 radical (unpaired) electrons. The quantitative estimate of drug-likeness (QED) is 0.0222. The lowest BCUT2D eigenvalue weighted by Gasteiger charge is -2.21. The van der Waals surface area contributed by atoms with Gasteiger partial charge in [0.25, 0.3) is 0 Å². The molecule has 0 saturated heterocycles. The van der Waals surface area contributed by atoms with Crippen molar-refractivity contribution in [2.75, 3.05) is 39.6 Å². The average molecular weight is 1510 g/mol. The van der Waals surface area contributed by atoms with Gasteiger partial charge in [-0.3, -0.25) is 37.3 Å². The van der Waals surface area contributed by atoms with Gasteiger partial charge in [-0.2, -0.15) is 0 Å². The predicted molar refractivity (Wildman–Crippen MR) is 423 cm³/mol. The van der Waals surface area contributed by atoms with E-state index in [1.807, 2.05) is 0 Å². The van der Waals surface area contributed by atoms with Gasteiger partial charge in [0.05, 0.1) is 26.4 Å². The van der Waals surface area contributed by atoms with Crippen molar-refractivity contribution in [1.82, 2.24) is 0 Å². The summed E-state index contributed by atoms with van der Waals surface area (Å²) in [7, 11) is -9.92. The lowest BCUT2D eigenvalue weighted by atomic mass is 9.99. The summed E-state index contributed by atoms with van der Waals surface area (Å²) in [5.74, 6) is -0.577. The first kappa shape index (κ1) is 101. The van der Waals surface area contributed by atoms with E-state index in [1.54, 1.807) is 0 Å². The van der Waals surface area contributed by atoms with Gasteiger partial charge >= 0.3 is 39.5 Å². The number of carbonyl (C=O) groups excluding carboxylic acids is 4. The van der Waals surface area contributed by atoms with Gasteiger partial charge in [-0.15, -0.1) is 0 Å². The van der Waals surface area contributed by atoms with Crippen LogP contribution in [0.25, 0.3) is 0 Å². The summed E-state index contributed by atoms with van der Waals surface area (Å²) in [5.41, 5.74) is 0. The van der Waals surface area contributed by atoms with Crippen molar-refractivity contribution >= 4 is 39.5 Å². The Balaban J connectivity index is 5.24. The molecule has 0 fully saturated rings. The van der Waals surface area contributed by atoms with Crippen LogP contribution in [0.1, 0.15) is 446 Å². The monoisotopic (exact) mass is 1510 g/mol. The normalized spacial score (nSPS) is 14.1. The topological polar surface area (TPSA) is 237 Å². The molecule has 612 valence electrons. The molecule has 0 aromatic rings. The zero-order valence-electron chi connectivity index (χ0n) is 67.6. The Hall–Kier alpha value is -1.94. The summed E-state index contributed by atoms with van der Waals surface area (Å²) >= 11 is 0. The molecule has 0 saturated carbocycles. The molecule has 0 aromatic carbocycles. The zero-order valence-corrected chi connectivity index (χ0v) is 69.4. The third-order valence-electron chi connectivity index (χ3n) is 20.1. The molecule has 19 heteroatoms. The first-order valence-corrected chi connectivity index (χ1v) is 46.5. The van der Waals surface area contributed by atoms with Crippen molar-refractivity contribution in [2.45, 2.75) is 464 Å². The number of ether oxygens (including phenoxy) is 4. The van der Waals surface area contributed by atoms with E-state index < -0.39 is 97.5 Å². The molecule has 0 rings (SSSR count). The van der Waals surface area contributed by atoms with Crippen molar-refractivity contribution in [1.29, 1.82) is 0 Å². The number of unbranched alkanes of at least 4 members (excludes halogenated alkanes) is 52. The van der Waals surface area contributed by atoms with Crippen LogP contribution in [0.15, 0.2) is 0 Å². The van der Waals surface area contributed by atoms with Crippen LogP contribution in [0.4, 0.5) is 0 Å². The minimum atomic E-state index is -4.96. The Kier molecular flexibility index (Phi) is 74.1. The Morgan fingerprint density at radius 2 is 0.495 bits per heavy atom. The third-order valence-corrected chi connectivity index (χ3v) is 22.0. The second kappa shape index (κ2) is 75.5. The number of hydrogen-bond donors (Lipinski definition) is 3. The van der Waals surface area contributed by atoms with Crippen LogP contribution in [0, 0.1) is 11.8 Å². The molecule has 0 aliphatic heterocycles. The van der Waals surface area contributed by atoms with Gasteiger partial charge in [0.1, 0.15) is 19.3 Å². The van der Waals surface area contributed by atoms with E-state index in [2.05, 4.69) is 41.5 Å². The van der Waals surface area contributed by atoms with Crippen LogP contribution in [0.5, 0.6) is 0 Å². The SMILES string of the molecule is CCCCCCCCCCCCCCCCCCCCCCCC(=O)O[C@H](COC(=O)CCCCCCCCCCCCCCCCCCC)COP(=O)(O)OC[C@@H](O)COP(=O)(O)OC[C@@H](COC(=O)CCCCCCCCCCC(C)C)OC(=O)CCCCCCCCCCCCC(C)CC. The summed E-state index contributed by atoms with van der Waals surface area (Å²) in [6, 6.07) is 0. The van der Waals surface area contributed by atoms with Crippen LogP contribution < -0.4 is 0 Å². The highest BCUT2D eigenvalue weighted by molar-refractivity contribution is 7.47. The average Bonchev–Trinajstić information content (AvgIpc) is 0.960. The summed E-state index contributed by atoms with van der Waals surface area (Å²) in [6.07, 6.45) is 66.7. The Morgan fingerprint density at radius 1 is 0.282 bits per heavy atom. The highest BCUT2D eigenvalue weighted by atomic mass is 31.2. The molecular formula is C84H164O17P2. The van der Waals surface area contributed by atoms with E-state index in [0.717, 1.165) is 102 Å². The molecule has 0 aliphatic carbocycles. The maximum Gasteiger partial charge on any atom is 0.472 e. The number of phosphoric ester groups is 2. The number of hydrogen-bond acceptors (Lipinski definition) is 15. The molecule has 0 aliphatic rings. The molecule has 0 aromatic heterocycles. The molecule has 0 amide bonds. The van der Waals surface area contributed by atoms with Gasteiger partial charge < -0.3 is 33.8 Å². The molecule has 0 spiro atoms. The Labute approximate surface area is 632 Å². The fourth-order valence-electron chi connectivity index (χ4n) is 13.0. The summed E-state index contributed by atoms with van der Waals surface area (Å²) in [4.78, 5) is 73.1. The minimum Gasteiger partial charge on any atom is -0.462 e. The van der Waals surface area contributed by atoms with Crippen LogP contribution in [-0.2, 0) is 65.4 Å². The van der Waals surface area contributed by atoms with Crippen molar-refractivity contribution in [3.05, 3.63) is 0 Å². The second-order valence-corrected chi connectivity index (χ2v) is 33.8. The van der Waals surface area contributed by atoms with Gasteiger partial charge in [-0.1, -0.05) is 395 Å². The molecule has 103 heavy (non-hydrogen) atoms. The number of esters is 4. The van der Waals surface area contributed by atoms with E-state index in [1.165, 1.54) is 263 Å². The smallest absolute Gasteiger partial charge is 0.462 e. The van der Waals surface area contributed by atoms with Crippen LogP contribution in [-0.4, -0.2) is 96.7 Å². The van der Waals surface area contributed by atoms with Crippen molar-refractivity contribution in [3.63, 3.8) is 0 Å². The molecule has 17 nitrogen and oxygen atoms in total. The van der Waals surface area contributed by atoms with E-state index in [4.69, 9.17) is 37.0 Å². The highest BCUT2D eigenvalue weighted by Crippen LogP contribution is 2.45. The molecule has 0 heterocycles. The van der Waals surface area contributed by atoms with Gasteiger partial charge in [0, 0.05) is 25.7 Å². The van der Waals surface area contributed by atoms with Crippen LogP contribution >= 0.6 is 15.6 Å². The molecule has 3 N–H and O–H groups in total. The van der Waals surface area contributed by atoms with Gasteiger partial charge in [0.15, 0.2) is 12.2 Å². The van der Waals surface area contributed by atoms with Gasteiger partial charge in [-0.05, 0) is 37.5 Å². The van der Waals surface area contributed by atoms with E-state index in [9.17, 15) is 43.2 Å². The van der Waals surface area contributed by atoms with Crippen LogP contribution in [0.3, 0.4) is 0 Å². The fraction of sp³-hybridized carbons (Fsp3) is 0.952. The van der Waals surface area contributed by atoms with Gasteiger partial charge in [0.2, 0.25) is 0 Å². The Morgan fingerprint density at radius 3 is 0.738 bits per heavy atom. The van der Waals surface area contributed by atoms with Crippen molar-refractivity contribution < 1.29 is 80.2 Å². The number of rotatable bonds is 83. The number of carbonyl (C=O) groups is 4. The molecular weight excluding hydrogens is 1340 g/mol. The first-order chi connectivity index (χ1) is 49.9. The molecule has 0 bridgehead atoms. The highest BCUT2D eigenvalue weighted by Gasteiger charge is 2.30. The molecule has 3 unspecified atom stereocenters. The number of aliphatic hydroxyl groups is 1. The maximum atomic E-state index is 13.1. The Bertz CT molecular complexity index is 1980. The van der Waals surface area contributed by atoms with Crippen molar-refractivity contribution in [3.8, 4) is 0 Å². The lowest BCUT2D eigenvalue weighted by molar-refractivity contribution is -0.161. The number of phosphoric acid groups is 2. The van der Waals surface area contributed by atoms with E-state index in [0.29, 0.717) is 25.7 Å². The molecule has 6 atom stereocenters. The standard InChI is InChI=1S/C84H164O17P2/c1-7-10-12-14-16-18-20-22-24-26-27-28-29-31-33-35-37-42-50-56-62-68-83(88)100-79(72-94-81(86)66-60-54-48-41-36-34-32-30-25-23-21-19-17-15-13-11-8-2)74-98-102(90,91)96-70-78(85)71-97-103(92,93)99-75-80(73-95-82(87)67-61-55-49-45-44-46-52-58-64-76(4)5)101-84(89)69-63-57-51-43-39-38-40-47-53-59-65-77(6)9-3/h76-80,85H,7-75H2,1-6H3,(H,90,91)(H,92,93)/t77?,78-,79-,80-/m1/s1. The van der Waals surface area contributed by atoms with E-state index >= 15 is 0 Å². The van der Waals surface area contributed by atoms with E-state index in [-0.39, 0.29) is 25.7 Å². The summed E-state index contributed by atoms with van der Waals surface area (Å²) < 4.78 is 68.8. The third kappa shape index (κ3) is 76.6. The summed E-state index contributed by atoms with van der Waals surface area (Å²) in [5, 5.41) is 10.7. The summed E-state index contributed by atoms with van der Waals surface area (Å²) in [6.45, 7) is 9.64. The zero-order chi connectivity index (χ0) is 75.6. The predicted octanol–water partition coefficient (Wildman–Crippen LogP) is 25.5. The van der Waals surface area contributed by atoms with Gasteiger partial charge in [-0.25, -0.2) is 9.13 Å². The lowest BCUT2D eigenvalue weighted by Crippen LogP contribution is -2.30. The van der Waals surface area contributed by atoms with Crippen molar-refractivity contribution in [2.24, 2.45) is 11.8 Å². The largest absolute Gasteiger partial charge is 0.472 e. The maximum absolute atomic E-state index is 13.1. The fourth-order valence-corrected chi connectivity index (χ4v) is 14.6. The minimum absolute atomic E-state index is 0.106. The second-order valence-electron chi connectivity index (χ2n) is 30.9. The van der Waals surface area contributed by atoms with Crippen LogP contribution in [0.2, 0.25) is 0 Å². The number of aliphatic hydroxyl groups excluding tert-OH is 1. The first-order valence-electron chi connectivity index (χ1n) is 43.5.